The third-order valence-electron chi connectivity index (χ3n) is 0.632. The summed E-state index contributed by atoms with van der Waals surface area (Å²) >= 11 is 0. The van der Waals surface area contributed by atoms with Crippen molar-refractivity contribution in [1.82, 2.24) is 0 Å². The third kappa shape index (κ3) is 23.3. The zero-order chi connectivity index (χ0) is 9.98. The molecule has 0 unspecified atom stereocenters. The Hall–Kier alpha value is -1.24. The highest BCUT2D eigenvalue weighted by molar-refractivity contribution is 5.41. The van der Waals surface area contributed by atoms with Crippen molar-refractivity contribution in [2.45, 2.75) is 39.8 Å². The molecule has 0 spiro atoms. The molecule has 0 aliphatic carbocycles. The number of hydrogen-bond donors (Lipinski definition) is 2. The van der Waals surface area contributed by atoms with Crippen molar-refractivity contribution in [3.05, 3.63) is 0 Å². The normalized spacial score (nSPS) is 7.83. The molecule has 0 aromatic rings. The minimum absolute atomic E-state index is 0.312. The van der Waals surface area contributed by atoms with Crippen LogP contribution in [0.15, 0.2) is 9.98 Å². The first-order chi connectivity index (χ1) is 5.54. The van der Waals surface area contributed by atoms with Gasteiger partial charge in [-0.1, -0.05) is 0 Å². The van der Waals surface area contributed by atoms with Crippen molar-refractivity contribution in [2.75, 3.05) is 0 Å². The molecule has 0 radical (unpaired) electrons. The fraction of sp³-hybridized carbons (Fsp3) is 0.750. The highest BCUT2D eigenvalue weighted by Crippen LogP contribution is 1.84. The van der Waals surface area contributed by atoms with Crippen molar-refractivity contribution >= 4 is 12.0 Å². The van der Waals surface area contributed by atoms with Crippen LogP contribution in [0.4, 0.5) is 0 Å². The number of aliphatic imine (C=N–C) groups is 2. The molecule has 0 heterocycles. The van der Waals surface area contributed by atoms with Gasteiger partial charge in [0.15, 0.2) is 0 Å². The zero-order valence-corrected chi connectivity index (χ0v) is 8.05. The minimum Gasteiger partial charge on any atom is -0.242 e. The van der Waals surface area contributed by atoms with Crippen molar-refractivity contribution in [3.8, 4) is 0 Å². The summed E-state index contributed by atoms with van der Waals surface area (Å²) in [6, 6.07) is 4.51. The lowest BCUT2D eigenvalue weighted by Gasteiger charge is -1.89. The molecule has 0 aliphatic heterocycles. The Morgan fingerprint density at radius 2 is 1.17 bits per heavy atom. The summed E-state index contributed by atoms with van der Waals surface area (Å²) in [5.41, 5.74) is 0. The smallest absolute Gasteiger partial charge is 0.0897 e. The highest BCUT2D eigenvalue weighted by Gasteiger charge is 1.82. The van der Waals surface area contributed by atoms with E-state index in [1.165, 1.54) is 6.01 Å². The van der Waals surface area contributed by atoms with Gasteiger partial charge in [-0.3, -0.25) is 0 Å². The van der Waals surface area contributed by atoms with E-state index < -0.39 is 0 Å². The Bertz CT molecular complexity index is 169. The summed E-state index contributed by atoms with van der Waals surface area (Å²) < 4.78 is 0. The van der Waals surface area contributed by atoms with Crippen LogP contribution in [-0.4, -0.2) is 24.1 Å². The van der Waals surface area contributed by atoms with Crippen LogP contribution in [0.25, 0.3) is 0 Å². The molecule has 0 saturated carbocycles. The van der Waals surface area contributed by atoms with E-state index in [4.69, 9.17) is 10.8 Å². The van der Waals surface area contributed by atoms with Crippen LogP contribution in [-0.2, 0) is 0 Å². The number of hydrogen-bond acceptors (Lipinski definition) is 4. The Morgan fingerprint density at radius 1 is 0.917 bits per heavy atom. The number of rotatable bonds is 2. The fourth-order valence-electron chi connectivity index (χ4n) is 0.264. The van der Waals surface area contributed by atoms with Crippen molar-refractivity contribution in [3.63, 3.8) is 0 Å². The van der Waals surface area contributed by atoms with E-state index in [1.54, 1.807) is 0 Å². The van der Waals surface area contributed by atoms with Crippen molar-refractivity contribution < 1.29 is 0 Å². The second kappa shape index (κ2) is 9.76. The van der Waals surface area contributed by atoms with Gasteiger partial charge < -0.3 is 0 Å². The van der Waals surface area contributed by atoms with Gasteiger partial charge in [-0.25, -0.2) is 20.8 Å². The topological polar surface area (TPSA) is 72.4 Å². The van der Waals surface area contributed by atoms with Crippen LogP contribution in [0.5, 0.6) is 0 Å². The van der Waals surface area contributed by atoms with Gasteiger partial charge in [-0.2, -0.15) is 0 Å². The Labute approximate surface area is 73.5 Å². The molecule has 0 amide bonds. The van der Waals surface area contributed by atoms with Crippen LogP contribution in [0, 0.1) is 10.8 Å². The van der Waals surface area contributed by atoms with Crippen LogP contribution in [0.3, 0.4) is 0 Å². The third-order valence-corrected chi connectivity index (χ3v) is 0.632. The molecule has 0 aromatic carbocycles. The molecule has 0 aliphatic rings. The maximum atomic E-state index is 5.62. The first-order valence-corrected chi connectivity index (χ1v) is 3.77. The van der Waals surface area contributed by atoms with Crippen molar-refractivity contribution in [1.29, 1.82) is 10.8 Å². The number of nitrogens with zero attached hydrogens (tertiary/aromatic N) is 2. The average molecular weight is 168 g/mol. The van der Waals surface area contributed by atoms with E-state index >= 15 is 0 Å². The molecule has 4 nitrogen and oxygen atoms in total. The van der Waals surface area contributed by atoms with Crippen LogP contribution < -0.4 is 0 Å². The van der Waals surface area contributed by atoms with Gasteiger partial charge in [-0.05, 0) is 27.7 Å². The van der Waals surface area contributed by atoms with Gasteiger partial charge in [0.1, 0.15) is 0 Å². The van der Waals surface area contributed by atoms with Crippen LogP contribution >= 0.6 is 0 Å². The Balaban J connectivity index is 0. The largest absolute Gasteiger partial charge is 0.242 e. The van der Waals surface area contributed by atoms with Gasteiger partial charge in [0, 0.05) is 0 Å². The minimum atomic E-state index is 0.312. The summed E-state index contributed by atoms with van der Waals surface area (Å²) in [4.78, 5) is 7.90. The second-order valence-corrected chi connectivity index (χ2v) is 2.67. The summed E-state index contributed by atoms with van der Waals surface area (Å²) in [5.74, 6) is 0. The summed E-state index contributed by atoms with van der Waals surface area (Å²) in [6.45, 7) is 8.01. The standard InChI is InChI=1S/C7H14N2.CH2N2/c1-6(2)8-5-9-7(3)4;2-1-3/h6-7H,1-4H3;2-3H. The maximum absolute atomic E-state index is 5.62. The van der Waals surface area contributed by atoms with Crippen molar-refractivity contribution in [2.24, 2.45) is 9.98 Å². The van der Waals surface area contributed by atoms with Crippen LogP contribution in [0.2, 0.25) is 0 Å². The van der Waals surface area contributed by atoms with E-state index in [2.05, 4.69) is 16.0 Å². The summed E-state index contributed by atoms with van der Waals surface area (Å²) in [5, 5.41) is 11.2. The molecular formula is C8H16N4. The van der Waals surface area contributed by atoms with Gasteiger partial charge in [0.05, 0.1) is 24.1 Å². The van der Waals surface area contributed by atoms with Gasteiger partial charge >= 0.3 is 0 Å². The molecular weight excluding hydrogens is 152 g/mol. The Morgan fingerprint density at radius 3 is 1.33 bits per heavy atom. The van der Waals surface area contributed by atoms with Gasteiger partial charge in [-0.15, -0.1) is 0 Å². The molecule has 0 saturated heterocycles. The molecule has 0 aromatic heterocycles. The van der Waals surface area contributed by atoms with Crippen LogP contribution in [0.1, 0.15) is 27.7 Å². The first kappa shape index (κ1) is 13.4. The van der Waals surface area contributed by atoms with Gasteiger partial charge in [0.2, 0.25) is 0 Å². The lowest BCUT2D eigenvalue weighted by atomic mass is 10.4. The molecule has 0 atom stereocenters. The molecule has 0 fully saturated rings. The summed E-state index contributed by atoms with van der Waals surface area (Å²) in [7, 11) is 0. The molecule has 68 valence electrons. The molecule has 0 rings (SSSR count). The maximum Gasteiger partial charge on any atom is 0.0897 e. The first-order valence-electron chi connectivity index (χ1n) is 3.77. The highest BCUT2D eigenvalue weighted by atomic mass is 14.8. The molecule has 2 N–H and O–H groups in total. The molecule has 4 heteroatoms. The SMILES string of the molecule is CC(C)N=C=NC(C)C.N=C=N. The lowest BCUT2D eigenvalue weighted by Crippen LogP contribution is -1.88. The van der Waals surface area contributed by atoms with E-state index in [9.17, 15) is 0 Å². The quantitative estimate of drug-likeness (QED) is 0.594. The molecule has 0 bridgehead atoms. The van der Waals surface area contributed by atoms with E-state index in [0.29, 0.717) is 12.1 Å². The average Bonchev–Trinajstić information content (AvgIpc) is 1.87. The number of nitrogens with one attached hydrogen (secondary N) is 2. The van der Waals surface area contributed by atoms with E-state index in [1.807, 2.05) is 27.7 Å². The Kier molecular flexibility index (Phi) is 10.9. The predicted molar refractivity (Wildman–Crippen MR) is 50.6 cm³/mol. The monoisotopic (exact) mass is 168 g/mol. The van der Waals surface area contributed by atoms with E-state index in [-0.39, 0.29) is 0 Å². The fourth-order valence-corrected chi connectivity index (χ4v) is 0.264. The zero-order valence-electron chi connectivity index (χ0n) is 8.05. The predicted octanol–water partition coefficient (Wildman–Crippen LogP) is 2.29. The second-order valence-electron chi connectivity index (χ2n) is 2.67. The van der Waals surface area contributed by atoms with Gasteiger partial charge in [0.25, 0.3) is 0 Å². The summed E-state index contributed by atoms with van der Waals surface area (Å²) in [6.07, 6.45) is 0. The lowest BCUT2D eigenvalue weighted by molar-refractivity contribution is 0.818. The molecule has 12 heavy (non-hydrogen) atoms. The van der Waals surface area contributed by atoms with E-state index in [0.717, 1.165) is 0 Å².